The molecule has 0 radical (unpaired) electrons. The highest BCUT2D eigenvalue weighted by molar-refractivity contribution is 5.82. The fraction of sp³-hybridized carbons (Fsp3) is 0.562. The number of hydrogen-bond donors (Lipinski definition) is 0. The number of likely N-dealkylation sites (tertiary alicyclic amines) is 1. The van der Waals surface area contributed by atoms with Crippen molar-refractivity contribution in [3.63, 3.8) is 0 Å². The van der Waals surface area contributed by atoms with Crippen LogP contribution >= 0.6 is 0 Å². The van der Waals surface area contributed by atoms with Gasteiger partial charge >= 0.3 is 5.69 Å². The Morgan fingerprint density at radius 1 is 1.30 bits per heavy atom. The van der Waals surface area contributed by atoms with E-state index in [2.05, 4.69) is 41.5 Å². The number of hydrogen-bond acceptors (Lipinski definition) is 2. The molecule has 1 fully saturated rings. The fourth-order valence-electron chi connectivity index (χ4n) is 4.10. The van der Waals surface area contributed by atoms with E-state index in [1.165, 1.54) is 11.1 Å². The third kappa shape index (κ3) is 1.37. The Kier molecular flexibility index (Phi) is 2.43. The number of para-hydroxylation sites is 1. The predicted molar refractivity (Wildman–Crippen MR) is 80.3 cm³/mol. The van der Waals surface area contributed by atoms with E-state index in [1.54, 1.807) is 4.57 Å². The largest absolute Gasteiger partial charge is 0.329 e. The molecule has 20 heavy (non-hydrogen) atoms. The third-order valence-electron chi connectivity index (χ3n) is 5.21. The lowest BCUT2D eigenvalue weighted by atomic mass is 9.88. The van der Waals surface area contributed by atoms with Crippen molar-refractivity contribution in [1.82, 2.24) is 14.0 Å². The molecule has 1 aromatic carbocycles. The predicted octanol–water partition coefficient (Wildman–Crippen LogP) is 2.09. The molecule has 0 amide bonds. The van der Waals surface area contributed by atoms with Crippen LogP contribution in [0.5, 0.6) is 0 Å². The van der Waals surface area contributed by atoms with E-state index in [0.29, 0.717) is 18.0 Å². The van der Waals surface area contributed by atoms with Crippen molar-refractivity contribution in [2.45, 2.75) is 38.3 Å². The summed E-state index contributed by atoms with van der Waals surface area (Å²) >= 11 is 0. The lowest BCUT2D eigenvalue weighted by Gasteiger charge is -2.38. The highest BCUT2D eigenvalue weighted by Crippen LogP contribution is 2.45. The summed E-state index contributed by atoms with van der Waals surface area (Å²) in [5.41, 5.74) is 3.78. The Bertz CT molecular complexity index is 740. The Morgan fingerprint density at radius 3 is 2.85 bits per heavy atom. The van der Waals surface area contributed by atoms with Gasteiger partial charge in [-0.15, -0.1) is 0 Å². The molecule has 4 heteroatoms. The van der Waals surface area contributed by atoms with Crippen LogP contribution in [0.15, 0.2) is 23.0 Å². The molecule has 4 nitrogen and oxygen atoms in total. The molecule has 106 valence electrons. The minimum atomic E-state index is 0.151. The first-order valence-electron chi connectivity index (χ1n) is 7.53. The summed E-state index contributed by atoms with van der Waals surface area (Å²) < 4.78 is 3.86. The molecule has 3 heterocycles. The molecular formula is C16H21N3O. The van der Waals surface area contributed by atoms with E-state index in [-0.39, 0.29) is 5.69 Å². The summed E-state index contributed by atoms with van der Waals surface area (Å²) in [7, 11) is 1.88. The van der Waals surface area contributed by atoms with Crippen LogP contribution < -0.4 is 5.69 Å². The first kappa shape index (κ1) is 12.2. The Hall–Kier alpha value is -1.55. The lowest BCUT2D eigenvalue weighted by Crippen LogP contribution is -2.43. The van der Waals surface area contributed by atoms with Gasteiger partial charge in [-0.3, -0.25) is 9.13 Å². The first-order valence-corrected chi connectivity index (χ1v) is 7.53. The van der Waals surface area contributed by atoms with E-state index in [1.807, 2.05) is 7.05 Å². The van der Waals surface area contributed by atoms with Gasteiger partial charge in [-0.2, -0.15) is 0 Å². The van der Waals surface area contributed by atoms with E-state index in [0.717, 1.165) is 25.0 Å². The molecule has 0 saturated carbocycles. The Balaban J connectivity index is 1.91. The quantitative estimate of drug-likeness (QED) is 0.795. The number of piperidine rings is 1. The molecule has 2 aliphatic rings. The molecule has 2 atom stereocenters. The maximum Gasteiger partial charge on any atom is 0.329 e. The number of fused-ring (bicyclic) bond motifs is 3. The van der Waals surface area contributed by atoms with Gasteiger partial charge in [-0.1, -0.05) is 12.1 Å². The van der Waals surface area contributed by atoms with Crippen molar-refractivity contribution in [1.29, 1.82) is 0 Å². The first-order chi connectivity index (χ1) is 9.59. The van der Waals surface area contributed by atoms with Crippen LogP contribution in [-0.4, -0.2) is 33.2 Å². The van der Waals surface area contributed by atoms with Gasteiger partial charge < -0.3 is 4.90 Å². The summed E-state index contributed by atoms with van der Waals surface area (Å²) in [6, 6.07) is 7.32. The SMILES string of the molecule is CC(C)N1CCC2C(C1)c1cccc3c1n2c(=O)n3C. The minimum absolute atomic E-state index is 0.151. The van der Waals surface area contributed by atoms with Crippen LogP contribution in [0.2, 0.25) is 0 Å². The second-order valence-corrected chi connectivity index (χ2v) is 6.48. The van der Waals surface area contributed by atoms with Crippen molar-refractivity contribution < 1.29 is 0 Å². The maximum absolute atomic E-state index is 12.5. The van der Waals surface area contributed by atoms with Crippen molar-refractivity contribution >= 4 is 11.0 Å². The molecule has 0 bridgehead atoms. The second-order valence-electron chi connectivity index (χ2n) is 6.48. The van der Waals surface area contributed by atoms with Gasteiger partial charge in [0.05, 0.1) is 11.0 Å². The van der Waals surface area contributed by atoms with Crippen LogP contribution in [0.4, 0.5) is 0 Å². The monoisotopic (exact) mass is 271 g/mol. The van der Waals surface area contributed by atoms with Gasteiger partial charge in [0, 0.05) is 38.1 Å². The summed E-state index contributed by atoms with van der Waals surface area (Å²) in [5.74, 6) is 0.485. The van der Waals surface area contributed by atoms with Crippen LogP contribution in [0.1, 0.15) is 37.8 Å². The standard InChI is InChI=1S/C16H21N3O/c1-10(2)18-8-7-13-12(9-18)11-5-4-6-14-15(11)19(13)16(20)17(14)3/h4-6,10,12-13H,7-9H2,1-3H3. The molecule has 0 aliphatic carbocycles. The van der Waals surface area contributed by atoms with Gasteiger partial charge in [-0.25, -0.2) is 4.79 Å². The summed E-state index contributed by atoms with van der Waals surface area (Å²) in [4.78, 5) is 15.1. The average molecular weight is 271 g/mol. The zero-order chi connectivity index (χ0) is 14.0. The van der Waals surface area contributed by atoms with E-state index < -0.39 is 0 Å². The van der Waals surface area contributed by atoms with Gasteiger partial charge in [0.2, 0.25) is 0 Å². The fourth-order valence-corrected chi connectivity index (χ4v) is 4.10. The Labute approximate surface area is 118 Å². The average Bonchev–Trinajstić information content (AvgIpc) is 2.91. The van der Waals surface area contributed by atoms with Crippen molar-refractivity contribution in [2.24, 2.45) is 7.05 Å². The lowest BCUT2D eigenvalue weighted by molar-refractivity contribution is 0.137. The number of imidazole rings is 1. The molecule has 1 saturated heterocycles. The van der Waals surface area contributed by atoms with Gasteiger partial charge in [0.1, 0.15) is 0 Å². The number of nitrogens with zero attached hydrogens (tertiary/aromatic N) is 3. The van der Waals surface area contributed by atoms with Gasteiger partial charge in [0.15, 0.2) is 0 Å². The van der Waals surface area contributed by atoms with Crippen molar-refractivity contribution in [2.75, 3.05) is 13.1 Å². The van der Waals surface area contributed by atoms with Gasteiger partial charge in [-0.05, 0) is 31.9 Å². The molecule has 0 N–H and O–H groups in total. The van der Waals surface area contributed by atoms with Gasteiger partial charge in [0.25, 0.3) is 0 Å². The number of benzene rings is 1. The van der Waals surface area contributed by atoms with E-state index in [4.69, 9.17) is 0 Å². The molecule has 2 aromatic rings. The van der Waals surface area contributed by atoms with E-state index >= 15 is 0 Å². The zero-order valence-corrected chi connectivity index (χ0v) is 12.3. The zero-order valence-electron chi connectivity index (χ0n) is 12.3. The summed E-state index contributed by atoms with van der Waals surface area (Å²) in [6.07, 6.45) is 1.08. The van der Waals surface area contributed by atoms with Crippen LogP contribution in [0.25, 0.3) is 11.0 Å². The third-order valence-corrected chi connectivity index (χ3v) is 5.21. The van der Waals surface area contributed by atoms with Crippen LogP contribution in [-0.2, 0) is 7.05 Å². The topological polar surface area (TPSA) is 30.2 Å². The highest BCUT2D eigenvalue weighted by Gasteiger charge is 2.40. The number of aromatic nitrogens is 2. The Morgan fingerprint density at radius 2 is 2.10 bits per heavy atom. The second kappa shape index (κ2) is 3.98. The molecule has 2 aliphatic heterocycles. The van der Waals surface area contributed by atoms with Crippen LogP contribution in [0.3, 0.4) is 0 Å². The number of aryl methyl sites for hydroxylation is 1. The molecule has 2 unspecified atom stereocenters. The molecule has 1 aromatic heterocycles. The van der Waals surface area contributed by atoms with Crippen molar-refractivity contribution in [3.8, 4) is 0 Å². The van der Waals surface area contributed by atoms with Crippen molar-refractivity contribution in [3.05, 3.63) is 34.2 Å². The maximum atomic E-state index is 12.5. The normalized spacial score (nSPS) is 25.6. The number of rotatable bonds is 1. The summed E-state index contributed by atoms with van der Waals surface area (Å²) in [5, 5.41) is 0. The molecule has 0 spiro atoms. The summed E-state index contributed by atoms with van der Waals surface area (Å²) in [6.45, 7) is 6.69. The smallest absolute Gasteiger partial charge is 0.300 e. The minimum Gasteiger partial charge on any atom is -0.300 e. The van der Waals surface area contributed by atoms with E-state index in [9.17, 15) is 4.79 Å². The molecular weight excluding hydrogens is 250 g/mol. The molecule has 4 rings (SSSR count). The highest BCUT2D eigenvalue weighted by atomic mass is 16.1. The van der Waals surface area contributed by atoms with Crippen LogP contribution in [0, 0.1) is 0 Å².